The van der Waals surface area contributed by atoms with Crippen LogP contribution in [0.2, 0.25) is 0 Å². The van der Waals surface area contributed by atoms with Crippen molar-refractivity contribution in [2.24, 2.45) is 0 Å². The van der Waals surface area contributed by atoms with Gasteiger partial charge in [-0.15, -0.1) is 0 Å². The summed E-state index contributed by atoms with van der Waals surface area (Å²) in [6.07, 6.45) is 0. The number of nitrogens with two attached hydrogens (primary N) is 1. The SMILES string of the molecule is Cc1c(N)c2ccccc2n1C(=O)c1cc2ccccc2o1. The molecule has 4 aromatic rings. The predicted octanol–water partition coefficient (Wildman–Crippen LogP) is 3.97. The Labute approximate surface area is 126 Å². The van der Waals surface area contributed by atoms with Crippen LogP contribution >= 0.6 is 0 Å². The maximum Gasteiger partial charge on any atom is 0.298 e. The van der Waals surface area contributed by atoms with E-state index < -0.39 is 0 Å². The molecule has 0 unspecified atom stereocenters. The molecule has 22 heavy (non-hydrogen) atoms. The van der Waals surface area contributed by atoms with Crippen molar-refractivity contribution in [1.82, 2.24) is 4.57 Å². The van der Waals surface area contributed by atoms with Gasteiger partial charge in [-0.25, -0.2) is 0 Å². The van der Waals surface area contributed by atoms with Gasteiger partial charge in [0.15, 0.2) is 5.76 Å². The van der Waals surface area contributed by atoms with E-state index in [2.05, 4.69) is 0 Å². The van der Waals surface area contributed by atoms with E-state index in [-0.39, 0.29) is 5.91 Å². The summed E-state index contributed by atoms with van der Waals surface area (Å²) in [4.78, 5) is 12.9. The highest BCUT2D eigenvalue weighted by molar-refractivity contribution is 6.07. The second kappa shape index (κ2) is 4.49. The van der Waals surface area contributed by atoms with E-state index in [4.69, 9.17) is 10.2 Å². The molecule has 4 heteroatoms. The number of aromatic nitrogens is 1. The molecule has 0 saturated carbocycles. The molecule has 0 aliphatic heterocycles. The second-order valence-electron chi connectivity index (χ2n) is 5.31. The van der Waals surface area contributed by atoms with E-state index in [9.17, 15) is 4.79 Å². The second-order valence-corrected chi connectivity index (χ2v) is 5.31. The maximum absolute atomic E-state index is 12.9. The van der Waals surface area contributed by atoms with Gasteiger partial charge in [0.2, 0.25) is 0 Å². The normalized spacial score (nSPS) is 11.3. The maximum atomic E-state index is 12.9. The summed E-state index contributed by atoms with van der Waals surface area (Å²) in [5.74, 6) is 0.103. The van der Waals surface area contributed by atoms with E-state index >= 15 is 0 Å². The topological polar surface area (TPSA) is 61.2 Å². The Hall–Kier alpha value is -3.01. The van der Waals surface area contributed by atoms with E-state index in [0.29, 0.717) is 17.0 Å². The first-order chi connectivity index (χ1) is 10.7. The smallest absolute Gasteiger partial charge is 0.298 e. The number of rotatable bonds is 1. The fourth-order valence-corrected chi connectivity index (χ4v) is 2.85. The molecule has 0 aliphatic rings. The van der Waals surface area contributed by atoms with Gasteiger partial charge in [-0.1, -0.05) is 36.4 Å². The number of anilines is 1. The van der Waals surface area contributed by atoms with E-state index in [0.717, 1.165) is 22.0 Å². The lowest BCUT2D eigenvalue weighted by Gasteiger charge is -2.04. The molecule has 2 aromatic carbocycles. The summed E-state index contributed by atoms with van der Waals surface area (Å²) in [6.45, 7) is 1.84. The fourth-order valence-electron chi connectivity index (χ4n) is 2.85. The average molecular weight is 290 g/mol. The van der Waals surface area contributed by atoms with E-state index in [1.807, 2.05) is 55.5 Å². The Balaban J connectivity index is 1.95. The van der Waals surface area contributed by atoms with Crippen molar-refractivity contribution in [2.75, 3.05) is 5.73 Å². The quantitative estimate of drug-likeness (QED) is 0.577. The van der Waals surface area contributed by atoms with Crippen LogP contribution in [-0.2, 0) is 0 Å². The first-order valence-corrected chi connectivity index (χ1v) is 7.05. The molecule has 4 nitrogen and oxygen atoms in total. The van der Waals surface area contributed by atoms with Crippen LogP contribution in [0.1, 0.15) is 16.2 Å². The summed E-state index contributed by atoms with van der Waals surface area (Å²) < 4.78 is 7.30. The predicted molar refractivity (Wildman–Crippen MR) is 87.0 cm³/mol. The average Bonchev–Trinajstić information content (AvgIpc) is 3.08. The number of furan rings is 1. The summed E-state index contributed by atoms with van der Waals surface area (Å²) in [5, 5.41) is 1.79. The molecule has 0 aliphatic carbocycles. The van der Waals surface area contributed by atoms with Crippen LogP contribution in [0, 0.1) is 6.92 Å². The molecular weight excluding hydrogens is 276 g/mol. The van der Waals surface area contributed by atoms with E-state index in [1.165, 1.54) is 0 Å². The molecule has 0 fully saturated rings. The highest BCUT2D eigenvalue weighted by Gasteiger charge is 2.20. The molecule has 0 atom stereocenters. The van der Waals surface area contributed by atoms with Gasteiger partial charge in [-0.3, -0.25) is 9.36 Å². The minimum absolute atomic E-state index is 0.207. The summed E-state index contributed by atoms with van der Waals surface area (Å²) in [5.41, 5.74) is 8.98. The van der Waals surface area contributed by atoms with Crippen LogP contribution in [0.5, 0.6) is 0 Å². The highest BCUT2D eigenvalue weighted by Crippen LogP contribution is 2.29. The van der Waals surface area contributed by atoms with Gasteiger partial charge in [-0.2, -0.15) is 0 Å². The number of nitrogen functional groups attached to an aromatic ring is 1. The minimum atomic E-state index is -0.207. The molecule has 2 heterocycles. The molecule has 2 aromatic heterocycles. The number of hydrogen-bond acceptors (Lipinski definition) is 3. The number of fused-ring (bicyclic) bond motifs is 2. The van der Waals surface area contributed by atoms with Gasteiger partial charge in [0.05, 0.1) is 11.2 Å². The minimum Gasteiger partial charge on any atom is -0.451 e. The van der Waals surface area contributed by atoms with Gasteiger partial charge >= 0.3 is 0 Å². The van der Waals surface area contributed by atoms with Gasteiger partial charge < -0.3 is 10.2 Å². The molecular formula is C18H14N2O2. The van der Waals surface area contributed by atoms with Crippen molar-refractivity contribution in [3.8, 4) is 0 Å². The first kappa shape index (κ1) is 12.7. The molecule has 2 N–H and O–H groups in total. The zero-order chi connectivity index (χ0) is 15.3. The van der Waals surface area contributed by atoms with E-state index in [1.54, 1.807) is 10.6 Å². The van der Waals surface area contributed by atoms with Gasteiger partial charge in [0, 0.05) is 16.5 Å². The standard InChI is InChI=1S/C18H14N2O2/c1-11-17(19)13-7-3-4-8-14(13)20(11)18(21)16-10-12-6-2-5-9-15(12)22-16/h2-10H,19H2,1H3. The molecule has 0 saturated heterocycles. The van der Waals surface area contributed by atoms with Crippen LogP contribution in [0.3, 0.4) is 0 Å². The van der Waals surface area contributed by atoms with Crippen LogP contribution in [0.4, 0.5) is 5.69 Å². The lowest BCUT2D eigenvalue weighted by molar-refractivity contribution is 0.0938. The number of carbonyl (C=O) groups is 1. The number of benzene rings is 2. The monoisotopic (exact) mass is 290 g/mol. The zero-order valence-electron chi connectivity index (χ0n) is 12.0. The number of para-hydroxylation sites is 2. The zero-order valence-corrected chi connectivity index (χ0v) is 12.0. The Kier molecular flexibility index (Phi) is 2.60. The summed E-state index contributed by atoms with van der Waals surface area (Å²) >= 11 is 0. The van der Waals surface area contributed by atoms with Gasteiger partial charge in [0.25, 0.3) is 5.91 Å². The number of hydrogen-bond donors (Lipinski definition) is 1. The van der Waals surface area contributed by atoms with Gasteiger partial charge in [-0.05, 0) is 25.1 Å². The lowest BCUT2D eigenvalue weighted by Crippen LogP contribution is -2.12. The third-order valence-corrected chi connectivity index (χ3v) is 4.00. The van der Waals surface area contributed by atoms with Crippen LogP contribution in [0.15, 0.2) is 59.0 Å². The van der Waals surface area contributed by atoms with Crippen molar-refractivity contribution >= 4 is 33.5 Å². The summed E-state index contributed by atoms with van der Waals surface area (Å²) in [7, 11) is 0. The third kappa shape index (κ3) is 1.67. The van der Waals surface area contributed by atoms with Crippen molar-refractivity contribution < 1.29 is 9.21 Å². The highest BCUT2D eigenvalue weighted by atomic mass is 16.3. The summed E-state index contributed by atoms with van der Waals surface area (Å²) in [6, 6.07) is 16.9. The van der Waals surface area contributed by atoms with Crippen LogP contribution in [0.25, 0.3) is 21.9 Å². The lowest BCUT2D eigenvalue weighted by atomic mass is 10.2. The van der Waals surface area contributed by atoms with Crippen LogP contribution in [-0.4, -0.2) is 10.5 Å². The van der Waals surface area contributed by atoms with Crippen molar-refractivity contribution in [2.45, 2.75) is 6.92 Å². The molecule has 0 bridgehead atoms. The van der Waals surface area contributed by atoms with Gasteiger partial charge in [0.1, 0.15) is 5.58 Å². The fraction of sp³-hybridized carbons (Fsp3) is 0.0556. The van der Waals surface area contributed by atoms with Crippen molar-refractivity contribution in [3.63, 3.8) is 0 Å². The number of carbonyl (C=O) groups excluding carboxylic acids is 1. The molecule has 4 rings (SSSR count). The number of nitrogens with zero attached hydrogens (tertiary/aromatic N) is 1. The molecule has 108 valence electrons. The largest absolute Gasteiger partial charge is 0.451 e. The Bertz CT molecular complexity index is 991. The molecule has 0 spiro atoms. The van der Waals surface area contributed by atoms with Crippen LogP contribution < -0.4 is 5.73 Å². The molecule has 0 radical (unpaired) electrons. The Morgan fingerprint density at radius 1 is 1.09 bits per heavy atom. The third-order valence-electron chi connectivity index (χ3n) is 4.00. The Morgan fingerprint density at radius 3 is 2.64 bits per heavy atom. The molecule has 0 amide bonds. The Morgan fingerprint density at radius 2 is 1.82 bits per heavy atom. The van der Waals surface area contributed by atoms with Crippen molar-refractivity contribution in [1.29, 1.82) is 0 Å². The van der Waals surface area contributed by atoms with Crippen molar-refractivity contribution in [3.05, 3.63) is 66.1 Å². The first-order valence-electron chi connectivity index (χ1n) is 7.05.